The number of nitrogens with zero attached hydrogens (tertiary/aromatic N) is 2. The molecule has 60 heavy (non-hydrogen) atoms. The first-order valence-electron chi connectivity index (χ1n) is 21.5. The molecule has 0 bridgehead atoms. The number of allylic oxidation sites excluding steroid dienone is 5. The molecule has 0 fully saturated rings. The fraction of sp³-hybridized carbons (Fsp3) is 0.143. The first-order chi connectivity index (χ1) is 29.7. The third-order valence-corrected chi connectivity index (χ3v) is 14.9. The lowest BCUT2D eigenvalue weighted by atomic mass is 9.83. The molecule has 4 aliphatic carbocycles. The summed E-state index contributed by atoms with van der Waals surface area (Å²) >= 11 is 1.96. The SMILES string of the molecule is C1=CC(C2=Cc3c(c4ccccc4n3-c3ccccc3)CC2)CC=C1N(C1=Cc2sc3c(ccc4ccccc43)c2CC1)C1C=Cc2c(oc3c2ccc2ccccc23)C1. The summed E-state index contributed by atoms with van der Waals surface area (Å²) in [6.07, 6.45) is 23.3. The molecule has 4 aliphatic rings. The van der Waals surface area contributed by atoms with Crippen molar-refractivity contribution >= 4 is 83.1 Å². The van der Waals surface area contributed by atoms with Crippen molar-refractivity contribution in [1.29, 1.82) is 0 Å². The second-order valence-electron chi connectivity index (χ2n) is 16.9. The van der Waals surface area contributed by atoms with Gasteiger partial charge in [0.05, 0.1) is 17.3 Å². The van der Waals surface area contributed by atoms with E-state index in [0.717, 1.165) is 49.9 Å². The van der Waals surface area contributed by atoms with Gasteiger partial charge in [-0.2, -0.15) is 0 Å². The number of para-hydroxylation sites is 2. The minimum Gasteiger partial charge on any atom is -0.460 e. The van der Waals surface area contributed by atoms with Crippen LogP contribution < -0.4 is 0 Å². The van der Waals surface area contributed by atoms with Crippen molar-refractivity contribution in [3.8, 4) is 5.69 Å². The predicted molar refractivity (Wildman–Crippen MR) is 253 cm³/mol. The van der Waals surface area contributed by atoms with E-state index in [1.165, 1.54) is 97.8 Å². The average Bonchev–Trinajstić information content (AvgIpc) is 3.99. The lowest BCUT2D eigenvalue weighted by Gasteiger charge is -2.38. The van der Waals surface area contributed by atoms with Crippen LogP contribution in [0, 0.1) is 5.92 Å². The summed E-state index contributed by atoms with van der Waals surface area (Å²) in [7, 11) is 0. The predicted octanol–water partition coefficient (Wildman–Crippen LogP) is 14.6. The maximum absolute atomic E-state index is 6.84. The highest BCUT2D eigenvalue weighted by Crippen LogP contribution is 2.45. The van der Waals surface area contributed by atoms with E-state index in [1.807, 2.05) is 11.3 Å². The molecule has 2 unspecified atom stereocenters. The molecule has 0 N–H and O–H groups in total. The van der Waals surface area contributed by atoms with E-state index in [0.29, 0.717) is 5.92 Å². The Hall–Kier alpha value is -6.62. The minimum atomic E-state index is 0.137. The highest BCUT2D eigenvalue weighted by molar-refractivity contribution is 7.21. The Morgan fingerprint density at radius 3 is 2.22 bits per heavy atom. The molecule has 3 nitrogen and oxygen atoms in total. The average molecular weight is 791 g/mol. The molecule has 3 heterocycles. The number of fused-ring (bicyclic) bond motifs is 13. The second kappa shape index (κ2) is 13.5. The molecule has 9 aromatic rings. The van der Waals surface area contributed by atoms with Gasteiger partial charge in [0.2, 0.25) is 0 Å². The molecule has 6 aromatic carbocycles. The highest BCUT2D eigenvalue weighted by atomic mass is 32.1. The van der Waals surface area contributed by atoms with Crippen molar-refractivity contribution in [2.75, 3.05) is 0 Å². The van der Waals surface area contributed by atoms with Crippen LogP contribution >= 0.6 is 11.3 Å². The summed E-state index contributed by atoms with van der Waals surface area (Å²) in [6.45, 7) is 0. The van der Waals surface area contributed by atoms with E-state index in [4.69, 9.17) is 4.42 Å². The van der Waals surface area contributed by atoms with Crippen LogP contribution in [0.5, 0.6) is 0 Å². The van der Waals surface area contributed by atoms with Crippen LogP contribution in [0.3, 0.4) is 0 Å². The Balaban J connectivity index is 0.885. The van der Waals surface area contributed by atoms with Gasteiger partial charge in [0, 0.05) is 60.7 Å². The topological polar surface area (TPSA) is 21.3 Å². The number of furan rings is 1. The van der Waals surface area contributed by atoms with Gasteiger partial charge in [0.15, 0.2) is 0 Å². The Morgan fingerprint density at radius 2 is 1.37 bits per heavy atom. The zero-order valence-electron chi connectivity index (χ0n) is 33.3. The van der Waals surface area contributed by atoms with E-state index in [2.05, 4.69) is 179 Å². The van der Waals surface area contributed by atoms with Gasteiger partial charge in [-0.15, -0.1) is 11.3 Å². The molecule has 0 saturated heterocycles. The maximum atomic E-state index is 6.84. The normalized spacial score (nSPS) is 18.4. The molecule has 0 amide bonds. The summed E-state index contributed by atoms with van der Waals surface area (Å²) in [6, 6.07) is 46.5. The van der Waals surface area contributed by atoms with Gasteiger partial charge < -0.3 is 13.9 Å². The quantitative estimate of drug-likeness (QED) is 0.173. The van der Waals surface area contributed by atoms with E-state index in [9.17, 15) is 0 Å². The number of aryl methyl sites for hydroxylation is 2. The Kier molecular flexibility index (Phi) is 7.68. The largest absolute Gasteiger partial charge is 0.460 e. The summed E-state index contributed by atoms with van der Waals surface area (Å²) in [5.41, 5.74) is 13.3. The first-order valence-corrected chi connectivity index (χ1v) is 22.4. The van der Waals surface area contributed by atoms with E-state index in [-0.39, 0.29) is 6.04 Å². The van der Waals surface area contributed by atoms with Crippen LogP contribution in [-0.4, -0.2) is 15.5 Å². The van der Waals surface area contributed by atoms with Crippen LogP contribution in [0.2, 0.25) is 0 Å². The number of hydrogen-bond donors (Lipinski definition) is 0. The first kappa shape index (κ1) is 34.3. The minimum absolute atomic E-state index is 0.137. The number of thiophene rings is 1. The standard InChI is InChI=1S/C56H42N2OS/c1-2-12-39(13-3-1)58-51-17-9-8-16-45(51)46-27-22-38(32-52(46)58)35-18-23-40(24-19-35)57(41-25-30-47-49-28-20-36-10-4-6-14-43(36)55(49)59-53(47)33-41)42-26-31-48-50-29-21-37-11-5-7-15-44(37)56(50)60-54(48)34-42/h1-18,20-21,23-25,28-30,32,34-35,41H,19,22,26-27,31,33H2. The second-order valence-corrected chi connectivity index (χ2v) is 18.0. The van der Waals surface area contributed by atoms with Crippen molar-refractivity contribution in [2.45, 2.75) is 44.6 Å². The van der Waals surface area contributed by atoms with Crippen molar-refractivity contribution in [3.63, 3.8) is 0 Å². The van der Waals surface area contributed by atoms with Gasteiger partial charge >= 0.3 is 0 Å². The third-order valence-electron chi connectivity index (χ3n) is 13.7. The van der Waals surface area contributed by atoms with Gasteiger partial charge in [-0.1, -0.05) is 133 Å². The molecule has 0 spiro atoms. The van der Waals surface area contributed by atoms with E-state index < -0.39 is 0 Å². The molecule has 13 rings (SSSR count). The van der Waals surface area contributed by atoms with Gasteiger partial charge in [-0.3, -0.25) is 0 Å². The third kappa shape index (κ3) is 5.27. The lowest BCUT2D eigenvalue weighted by Crippen LogP contribution is -2.36. The lowest BCUT2D eigenvalue weighted by molar-refractivity contribution is 0.338. The number of benzene rings is 6. The Labute approximate surface area is 353 Å². The fourth-order valence-corrected chi connectivity index (χ4v) is 12.2. The molecule has 0 aliphatic heterocycles. The van der Waals surface area contributed by atoms with Crippen LogP contribution in [0.4, 0.5) is 0 Å². The number of rotatable bonds is 5. The van der Waals surface area contributed by atoms with E-state index >= 15 is 0 Å². The van der Waals surface area contributed by atoms with Crippen molar-refractivity contribution in [3.05, 3.63) is 202 Å². The van der Waals surface area contributed by atoms with Crippen LogP contribution in [0.1, 0.15) is 52.3 Å². The highest BCUT2D eigenvalue weighted by Gasteiger charge is 2.32. The Bertz CT molecular complexity index is 3400. The molecular formula is C56H42N2OS. The molecule has 4 heteroatoms. The zero-order chi connectivity index (χ0) is 39.3. The van der Waals surface area contributed by atoms with Crippen molar-refractivity contribution in [1.82, 2.24) is 9.47 Å². The summed E-state index contributed by atoms with van der Waals surface area (Å²) < 4.78 is 10.7. The molecule has 288 valence electrons. The van der Waals surface area contributed by atoms with Crippen LogP contribution in [0.25, 0.3) is 77.4 Å². The van der Waals surface area contributed by atoms with Crippen LogP contribution in [-0.2, 0) is 19.3 Å². The summed E-state index contributed by atoms with van der Waals surface area (Å²) in [5.74, 6) is 1.45. The van der Waals surface area contributed by atoms with Gasteiger partial charge in [-0.25, -0.2) is 0 Å². The number of hydrogen-bond acceptors (Lipinski definition) is 3. The fourth-order valence-electron chi connectivity index (χ4n) is 10.8. The smallest absolute Gasteiger partial charge is 0.142 e. The molecule has 2 atom stereocenters. The summed E-state index contributed by atoms with van der Waals surface area (Å²) in [4.78, 5) is 4.06. The summed E-state index contributed by atoms with van der Waals surface area (Å²) in [5, 5.41) is 9.08. The zero-order valence-corrected chi connectivity index (χ0v) is 34.1. The Morgan fingerprint density at radius 1 is 0.617 bits per heavy atom. The molecular weight excluding hydrogens is 749 g/mol. The monoisotopic (exact) mass is 790 g/mol. The van der Waals surface area contributed by atoms with Gasteiger partial charge in [-0.05, 0) is 107 Å². The molecule has 3 aromatic heterocycles. The van der Waals surface area contributed by atoms with Crippen LogP contribution in [0.15, 0.2) is 173 Å². The van der Waals surface area contributed by atoms with Gasteiger partial charge in [0.25, 0.3) is 0 Å². The number of aromatic nitrogens is 1. The maximum Gasteiger partial charge on any atom is 0.142 e. The molecule has 0 saturated carbocycles. The van der Waals surface area contributed by atoms with E-state index in [1.54, 1.807) is 0 Å². The molecule has 0 radical (unpaired) electrons. The van der Waals surface area contributed by atoms with Crippen molar-refractivity contribution < 1.29 is 4.42 Å². The van der Waals surface area contributed by atoms with Gasteiger partial charge in [0.1, 0.15) is 11.3 Å². The van der Waals surface area contributed by atoms with Crippen molar-refractivity contribution in [2.24, 2.45) is 5.92 Å².